The molecule has 106 valence electrons. The molecule has 0 atom stereocenters. The minimum absolute atomic E-state index is 0.203. The average Bonchev–Trinajstić information content (AvgIpc) is 2.46. The number of aromatic amines is 1. The highest BCUT2D eigenvalue weighted by Gasteiger charge is 2.06. The smallest absolute Gasteiger partial charge is 0.252 e. The lowest BCUT2D eigenvalue weighted by molar-refractivity contribution is 0.309. The minimum atomic E-state index is -0.203. The van der Waals surface area contributed by atoms with Crippen LogP contribution in [0.2, 0.25) is 10.0 Å². The summed E-state index contributed by atoms with van der Waals surface area (Å²) in [4.78, 5) is 14.4. The Bertz CT molecular complexity index is 858. The monoisotopic (exact) mass is 319 g/mol. The zero-order valence-electron chi connectivity index (χ0n) is 10.9. The Morgan fingerprint density at radius 1 is 1.05 bits per heavy atom. The zero-order valence-corrected chi connectivity index (χ0v) is 12.4. The highest BCUT2D eigenvalue weighted by molar-refractivity contribution is 6.35. The summed E-state index contributed by atoms with van der Waals surface area (Å²) in [7, 11) is 0. The van der Waals surface area contributed by atoms with Gasteiger partial charge in [-0.2, -0.15) is 0 Å². The summed E-state index contributed by atoms with van der Waals surface area (Å²) in [6.07, 6.45) is 0. The summed E-state index contributed by atoms with van der Waals surface area (Å²) >= 11 is 12.0. The van der Waals surface area contributed by atoms with Gasteiger partial charge in [0.25, 0.3) is 5.56 Å². The molecule has 3 rings (SSSR count). The Morgan fingerprint density at radius 2 is 1.86 bits per heavy atom. The van der Waals surface area contributed by atoms with Crippen LogP contribution < -0.4 is 10.3 Å². The number of H-pyrrole nitrogens is 1. The van der Waals surface area contributed by atoms with Gasteiger partial charge in [0.2, 0.25) is 0 Å². The fourth-order valence-corrected chi connectivity index (χ4v) is 2.55. The largest absolute Gasteiger partial charge is 0.488 e. The fourth-order valence-electron chi connectivity index (χ4n) is 2.09. The maximum Gasteiger partial charge on any atom is 0.252 e. The summed E-state index contributed by atoms with van der Waals surface area (Å²) < 4.78 is 5.76. The van der Waals surface area contributed by atoms with Gasteiger partial charge < -0.3 is 9.72 Å². The molecule has 0 bridgehead atoms. The van der Waals surface area contributed by atoms with E-state index in [0.29, 0.717) is 15.8 Å². The van der Waals surface area contributed by atoms with Gasteiger partial charge >= 0.3 is 0 Å². The van der Waals surface area contributed by atoms with E-state index in [4.69, 9.17) is 27.9 Å². The average molecular weight is 320 g/mol. The molecule has 3 nitrogen and oxygen atoms in total. The second-order valence-corrected chi connectivity index (χ2v) is 5.41. The van der Waals surface area contributed by atoms with Crippen molar-refractivity contribution in [2.45, 2.75) is 6.61 Å². The van der Waals surface area contributed by atoms with Gasteiger partial charge in [-0.1, -0.05) is 41.4 Å². The lowest BCUT2D eigenvalue weighted by Crippen LogP contribution is -2.06. The van der Waals surface area contributed by atoms with Crippen LogP contribution in [0.25, 0.3) is 10.9 Å². The predicted octanol–water partition coefficient (Wildman–Crippen LogP) is 4.41. The summed E-state index contributed by atoms with van der Waals surface area (Å²) in [6.45, 7) is 0.267. The van der Waals surface area contributed by atoms with Crippen LogP contribution >= 0.6 is 23.2 Å². The number of pyridine rings is 1. The molecule has 0 amide bonds. The van der Waals surface area contributed by atoms with E-state index < -0.39 is 0 Å². The first-order valence-corrected chi connectivity index (χ1v) is 7.08. The SMILES string of the molecule is O=c1cc(OCc2ccc(Cl)cc2Cl)c2ccccc2[nH]1. The lowest BCUT2D eigenvalue weighted by Gasteiger charge is -2.10. The number of nitrogens with one attached hydrogen (secondary N) is 1. The van der Waals surface area contributed by atoms with Gasteiger partial charge in [-0.25, -0.2) is 0 Å². The Kier molecular flexibility index (Phi) is 3.86. The Labute approximate surface area is 131 Å². The maximum atomic E-state index is 11.6. The maximum absolute atomic E-state index is 11.6. The van der Waals surface area contributed by atoms with Crippen LogP contribution in [-0.4, -0.2) is 4.98 Å². The normalized spacial score (nSPS) is 10.8. The van der Waals surface area contributed by atoms with E-state index in [2.05, 4.69) is 4.98 Å². The molecule has 0 saturated heterocycles. The molecule has 0 unspecified atom stereocenters. The van der Waals surface area contributed by atoms with Crippen molar-refractivity contribution >= 4 is 34.1 Å². The van der Waals surface area contributed by atoms with Crippen molar-refractivity contribution in [3.63, 3.8) is 0 Å². The van der Waals surface area contributed by atoms with Crippen LogP contribution in [0, 0.1) is 0 Å². The topological polar surface area (TPSA) is 42.1 Å². The third-order valence-corrected chi connectivity index (χ3v) is 3.70. The molecule has 3 aromatic rings. The van der Waals surface area contributed by atoms with Crippen molar-refractivity contribution in [2.75, 3.05) is 0 Å². The standard InChI is InChI=1S/C16H11Cl2NO2/c17-11-6-5-10(13(18)7-11)9-21-15-8-16(20)19-14-4-2-1-3-12(14)15/h1-8H,9H2,(H,19,20). The van der Waals surface area contributed by atoms with Crippen molar-refractivity contribution in [1.82, 2.24) is 4.98 Å². The predicted molar refractivity (Wildman–Crippen MR) is 85.4 cm³/mol. The van der Waals surface area contributed by atoms with Crippen molar-refractivity contribution in [2.24, 2.45) is 0 Å². The summed E-state index contributed by atoms with van der Waals surface area (Å²) in [6, 6.07) is 14.1. The molecule has 1 N–H and O–H groups in total. The van der Waals surface area contributed by atoms with Crippen molar-refractivity contribution < 1.29 is 4.74 Å². The van der Waals surface area contributed by atoms with E-state index in [1.54, 1.807) is 18.2 Å². The minimum Gasteiger partial charge on any atom is -0.488 e. The number of rotatable bonds is 3. The van der Waals surface area contributed by atoms with E-state index in [1.807, 2.05) is 24.3 Å². The van der Waals surface area contributed by atoms with Crippen LogP contribution in [0.15, 0.2) is 53.3 Å². The van der Waals surface area contributed by atoms with Crippen LogP contribution in [-0.2, 0) is 6.61 Å². The number of aromatic nitrogens is 1. The molecule has 0 radical (unpaired) electrons. The van der Waals surface area contributed by atoms with Gasteiger partial charge in [0.1, 0.15) is 12.4 Å². The summed E-state index contributed by atoms with van der Waals surface area (Å²) in [5, 5.41) is 1.96. The van der Waals surface area contributed by atoms with Gasteiger partial charge in [0.05, 0.1) is 5.52 Å². The Hall–Kier alpha value is -1.97. The number of para-hydroxylation sites is 1. The molecule has 0 spiro atoms. The zero-order chi connectivity index (χ0) is 14.8. The highest BCUT2D eigenvalue weighted by Crippen LogP contribution is 2.25. The first-order chi connectivity index (χ1) is 10.1. The summed E-state index contributed by atoms with van der Waals surface area (Å²) in [5.74, 6) is 0.528. The van der Waals surface area contributed by atoms with Crippen LogP contribution in [0.4, 0.5) is 0 Å². The molecule has 1 aromatic heterocycles. The molecule has 5 heteroatoms. The number of benzene rings is 2. The lowest BCUT2D eigenvalue weighted by atomic mass is 10.2. The first kappa shape index (κ1) is 14.0. The Balaban J connectivity index is 1.93. The molecule has 0 aliphatic heterocycles. The van der Waals surface area contributed by atoms with E-state index >= 15 is 0 Å². The molecule has 0 saturated carbocycles. The van der Waals surface area contributed by atoms with E-state index in [9.17, 15) is 4.79 Å². The number of hydrogen-bond acceptors (Lipinski definition) is 2. The van der Waals surface area contributed by atoms with Crippen LogP contribution in [0.3, 0.4) is 0 Å². The van der Waals surface area contributed by atoms with Crippen LogP contribution in [0.5, 0.6) is 5.75 Å². The quantitative estimate of drug-likeness (QED) is 0.776. The molecule has 0 aliphatic rings. The molecule has 21 heavy (non-hydrogen) atoms. The number of halogens is 2. The molecule has 0 fully saturated rings. The van der Waals surface area contributed by atoms with Gasteiger partial charge in [-0.3, -0.25) is 4.79 Å². The van der Waals surface area contributed by atoms with Gasteiger partial charge in [-0.15, -0.1) is 0 Å². The number of ether oxygens (including phenoxy) is 1. The number of fused-ring (bicyclic) bond motifs is 1. The van der Waals surface area contributed by atoms with Crippen LogP contribution in [0.1, 0.15) is 5.56 Å². The first-order valence-electron chi connectivity index (χ1n) is 6.32. The molecular weight excluding hydrogens is 309 g/mol. The van der Waals surface area contributed by atoms with Gasteiger partial charge in [0, 0.05) is 27.1 Å². The molecule has 0 aliphatic carbocycles. The molecule has 1 heterocycles. The molecular formula is C16H11Cl2NO2. The van der Waals surface area contributed by atoms with Crippen molar-refractivity contribution in [3.8, 4) is 5.75 Å². The van der Waals surface area contributed by atoms with Crippen molar-refractivity contribution in [1.29, 1.82) is 0 Å². The molecule has 2 aromatic carbocycles. The van der Waals surface area contributed by atoms with E-state index in [1.165, 1.54) is 6.07 Å². The van der Waals surface area contributed by atoms with Gasteiger partial charge in [-0.05, 0) is 24.3 Å². The number of hydrogen-bond donors (Lipinski definition) is 1. The second-order valence-electron chi connectivity index (χ2n) is 4.57. The third-order valence-electron chi connectivity index (χ3n) is 3.11. The highest BCUT2D eigenvalue weighted by atomic mass is 35.5. The van der Waals surface area contributed by atoms with E-state index in [-0.39, 0.29) is 12.2 Å². The van der Waals surface area contributed by atoms with Crippen molar-refractivity contribution in [3.05, 3.63) is 74.5 Å². The Morgan fingerprint density at radius 3 is 2.67 bits per heavy atom. The van der Waals surface area contributed by atoms with E-state index in [0.717, 1.165) is 16.5 Å². The second kappa shape index (κ2) is 5.80. The summed E-state index contributed by atoms with van der Waals surface area (Å²) in [5.41, 5.74) is 1.35. The third kappa shape index (κ3) is 3.04. The fraction of sp³-hybridized carbons (Fsp3) is 0.0625. The van der Waals surface area contributed by atoms with Gasteiger partial charge in [0.15, 0.2) is 0 Å².